The fourth-order valence-corrected chi connectivity index (χ4v) is 3.20. The molecular weight excluding hydrogens is 262 g/mol. The Morgan fingerprint density at radius 2 is 1.95 bits per heavy atom. The summed E-state index contributed by atoms with van der Waals surface area (Å²) in [4.78, 5) is 0.265. The summed E-state index contributed by atoms with van der Waals surface area (Å²) in [6.45, 7) is 2.20. The summed E-state index contributed by atoms with van der Waals surface area (Å²) in [5.74, 6) is 0.729. The molecule has 1 aliphatic rings. The minimum atomic E-state index is -3.41. The third kappa shape index (κ3) is 2.84. The van der Waals surface area contributed by atoms with Crippen molar-refractivity contribution in [1.82, 2.24) is 4.31 Å². The molecule has 6 heteroatoms. The van der Waals surface area contributed by atoms with Crippen LogP contribution in [0.2, 0.25) is 0 Å². The maximum atomic E-state index is 12.1. The topological polar surface area (TPSA) is 75.4 Å². The Balaban J connectivity index is 2.25. The van der Waals surface area contributed by atoms with E-state index in [9.17, 15) is 8.42 Å². The molecule has 1 aromatic rings. The van der Waals surface area contributed by atoms with Crippen LogP contribution in [0.15, 0.2) is 23.1 Å². The van der Waals surface area contributed by atoms with E-state index in [0.29, 0.717) is 17.4 Å². The molecule has 5 nitrogen and oxygen atoms in total. The van der Waals surface area contributed by atoms with Crippen LogP contribution in [0.4, 0.5) is 11.4 Å². The van der Waals surface area contributed by atoms with Gasteiger partial charge in [0.25, 0.3) is 0 Å². The molecule has 0 bridgehead atoms. The molecule has 1 aromatic carbocycles. The molecule has 3 N–H and O–H groups in total. The van der Waals surface area contributed by atoms with Crippen LogP contribution < -0.4 is 11.1 Å². The first-order valence-corrected chi connectivity index (χ1v) is 7.83. The van der Waals surface area contributed by atoms with Crippen LogP contribution in [-0.4, -0.2) is 32.9 Å². The van der Waals surface area contributed by atoms with Crippen LogP contribution >= 0.6 is 0 Å². The Hall–Kier alpha value is -1.27. The van der Waals surface area contributed by atoms with Gasteiger partial charge in [-0.1, -0.05) is 6.92 Å². The first-order chi connectivity index (χ1) is 8.80. The molecule has 0 atom stereocenters. The predicted molar refractivity (Wildman–Crippen MR) is 77.5 cm³/mol. The van der Waals surface area contributed by atoms with Gasteiger partial charge in [0.1, 0.15) is 0 Å². The van der Waals surface area contributed by atoms with Gasteiger partial charge in [-0.15, -0.1) is 0 Å². The zero-order valence-corrected chi connectivity index (χ0v) is 12.4. The smallest absolute Gasteiger partial charge is 0.242 e. The second kappa shape index (κ2) is 5.02. The summed E-state index contributed by atoms with van der Waals surface area (Å²) in [6.07, 6.45) is 2.20. The number of rotatable bonds is 4. The normalized spacial score (nSPS) is 23.2. The Bertz CT molecular complexity index is 563. The standard InChI is InChI=1S/C13H21N3O2S/c1-9-6-10(7-9)15-13-8-11(4-5-12(13)14)19(17,18)16(2)3/h4-5,8-10,15H,6-7,14H2,1-3H3. The SMILES string of the molecule is CC1CC(Nc2cc(S(=O)(=O)N(C)C)ccc2N)C1. The molecule has 1 aliphatic carbocycles. The number of sulfonamides is 1. The quantitative estimate of drug-likeness (QED) is 0.825. The van der Waals surface area contributed by atoms with E-state index in [-0.39, 0.29) is 4.90 Å². The highest BCUT2D eigenvalue weighted by atomic mass is 32.2. The zero-order chi connectivity index (χ0) is 14.2. The van der Waals surface area contributed by atoms with Crippen LogP contribution in [0.5, 0.6) is 0 Å². The molecule has 0 aliphatic heterocycles. The zero-order valence-electron chi connectivity index (χ0n) is 11.6. The van der Waals surface area contributed by atoms with Gasteiger partial charge in [0.15, 0.2) is 0 Å². The van der Waals surface area contributed by atoms with Crippen LogP contribution in [0.25, 0.3) is 0 Å². The molecule has 106 valence electrons. The van der Waals surface area contributed by atoms with E-state index >= 15 is 0 Å². The van der Waals surface area contributed by atoms with Gasteiger partial charge < -0.3 is 11.1 Å². The maximum Gasteiger partial charge on any atom is 0.242 e. The van der Waals surface area contributed by atoms with E-state index in [0.717, 1.165) is 18.8 Å². The minimum absolute atomic E-state index is 0.265. The van der Waals surface area contributed by atoms with E-state index in [2.05, 4.69) is 12.2 Å². The Kier molecular flexibility index (Phi) is 3.73. The lowest BCUT2D eigenvalue weighted by Crippen LogP contribution is -2.34. The Labute approximate surface area is 114 Å². The molecule has 0 spiro atoms. The van der Waals surface area contributed by atoms with Crippen molar-refractivity contribution in [2.75, 3.05) is 25.1 Å². The van der Waals surface area contributed by atoms with E-state index < -0.39 is 10.0 Å². The van der Waals surface area contributed by atoms with Crippen LogP contribution in [0, 0.1) is 5.92 Å². The Morgan fingerprint density at radius 1 is 1.32 bits per heavy atom. The maximum absolute atomic E-state index is 12.1. The Morgan fingerprint density at radius 3 is 2.47 bits per heavy atom. The fraction of sp³-hybridized carbons (Fsp3) is 0.538. The van der Waals surface area contributed by atoms with Crippen LogP contribution in [-0.2, 0) is 10.0 Å². The number of hydrogen-bond acceptors (Lipinski definition) is 4. The van der Waals surface area contributed by atoms with Gasteiger partial charge in [-0.3, -0.25) is 0 Å². The first kappa shape index (κ1) is 14.1. The third-order valence-electron chi connectivity index (χ3n) is 3.54. The molecular formula is C13H21N3O2S. The highest BCUT2D eigenvalue weighted by molar-refractivity contribution is 7.89. The van der Waals surface area contributed by atoms with E-state index in [1.807, 2.05) is 0 Å². The van der Waals surface area contributed by atoms with Crippen molar-refractivity contribution in [1.29, 1.82) is 0 Å². The van der Waals surface area contributed by atoms with Crippen molar-refractivity contribution in [3.63, 3.8) is 0 Å². The molecule has 0 saturated heterocycles. The van der Waals surface area contributed by atoms with Gasteiger partial charge in [0, 0.05) is 20.1 Å². The minimum Gasteiger partial charge on any atom is -0.397 e. The molecule has 0 radical (unpaired) electrons. The largest absolute Gasteiger partial charge is 0.397 e. The van der Waals surface area contributed by atoms with Crippen molar-refractivity contribution in [3.05, 3.63) is 18.2 Å². The summed E-state index contributed by atoms with van der Waals surface area (Å²) in [6, 6.07) is 5.20. The van der Waals surface area contributed by atoms with Crippen molar-refractivity contribution in [3.8, 4) is 0 Å². The van der Waals surface area contributed by atoms with Crippen molar-refractivity contribution >= 4 is 21.4 Å². The monoisotopic (exact) mass is 283 g/mol. The molecule has 0 unspecified atom stereocenters. The van der Waals surface area contributed by atoms with E-state index in [1.165, 1.54) is 18.4 Å². The van der Waals surface area contributed by atoms with Gasteiger partial charge in [-0.05, 0) is 37.0 Å². The van der Waals surface area contributed by atoms with E-state index in [1.54, 1.807) is 18.2 Å². The number of nitrogens with two attached hydrogens (primary N) is 1. The fourth-order valence-electron chi connectivity index (χ4n) is 2.27. The molecule has 1 saturated carbocycles. The van der Waals surface area contributed by atoms with Gasteiger partial charge in [0.2, 0.25) is 10.0 Å². The molecule has 1 fully saturated rings. The summed E-state index contributed by atoms with van der Waals surface area (Å²) in [5.41, 5.74) is 7.19. The van der Waals surface area contributed by atoms with E-state index in [4.69, 9.17) is 5.73 Å². The number of benzene rings is 1. The highest BCUT2D eigenvalue weighted by Gasteiger charge is 2.26. The lowest BCUT2D eigenvalue weighted by molar-refractivity contribution is 0.309. The van der Waals surface area contributed by atoms with Crippen LogP contribution in [0.3, 0.4) is 0 Å². The molecule has 0 amide bonds. The van der Waals surface area contributed by atoms with Crippen molar-refractivity contribution < 1.29 is 8.42 Å². The summed E-state index contributed by atoms with van der Waals surface area (Å²) in [7, 11) is -0.373. The molecule has 0 heterocycles. The first-order valence-electron chi connectivity index (χ1n) is 6.39. The number of nitrogen functional groups attached to an aromatic ring is 1. The summed E-state index contributed by atoms with van der Waals surface area (Å²) < 4.78 is 25.4. The predicted octanol–water partition coefficient (Wildman–Crippen LogP) is 1.73. The summed E-state index contributed by atoms with van der Waals surface area (Å²) >= 11 is 0. The average molecular weight is 283 g/mol. The second-order valence-corrected chi connectivity index (χ2v) is 7.61. The van der Waals surface area contributed by atoms with Gasteiger partial charge in [0.05, 0.1) is 16.3 Å². The summed E-state index contributed by atoms with van der Waals surface area (Å²) in [5, 5.41) is 3.32. The van der Waals surface area contributed by atoms with Crippen LogP contribution in [0.1, 0.15) is 19.8 Å². The third-order valence-corrected chi connectivity index (χ3v) is 5.35. The number of anilines is 2. The van der Waals surface area contributed by atoms with Crippen molar-refractivity contribution in [2.45, 2.75) is 30.7 Å². The van der Waals surface area contributed by atoms with Gasteiger partial charge in [-0.2, -0.15) is 0 Å². The van der Waals surface area contributed by atoms with Gasteiger partial charge >= 0.3 is 0 Å². The molecule has 2 rings (SSSR count). The number of nitrogens with one attached hydrogen (secondary N) is 1. The number of nitrogens with zero attached hydrogens (tertiary/aromatic N) is 1. The van der Waals surface area contributed by atoms with Crippen molar-refractivity contribution in [2.24, 2.45) is 5.92 Å². The molecule has 19 heavy (non-hydrogen) atoms. The highest BCUT2D eigenvalue weighted by Crippen LogP contribution is 2.32. The lowest BCUT2D eigenvalue weighted by Gasteiger charge is -2.34. The second-order valence-electron chi connectivity index (χ2n) is 5.45. The lowest BCUT2D eigenvalue weighted by atomic mass is 9.82. The number of hydrogen-bond donors (Lipinski definition) is 2. The van der Waals surface area contributed by atoms with Gasteiger partial charge in [-0.25, -0.2) is 12.7 Å². The average Bonchev–Trinajstić information content (AvgIpc) is 2.29. The molecule has 0 aromatic heterocycles.